The fourth-order valence-electron chi connectivity index (χ4n) is 2.37. The van der Waals surface area contributed by atoms with Gasteiger partial charge in [0.05, 0.1) is 4.90 Å². The number of hydrogen-bond donors (Lipinski definition) is 1. The molecule has 0 radical (unpaired) electrons. The third kappa shape index (κ3) is 3.57. The molecular weight excluding hydrogens is 302 g/mol. The zero-order valence-corrected chi connectivity index (χ0v) is 12.3. The van der Waals surface area contributed by atoms with Crippen LogP contribution in [0, 0.1) is 11.6 Å². The van der Waals surface area contributed by atoms with Crippen LogP contribution in [0.1, 0.15) is 12.8 Å². The van der Waals surface area contributed by atoms with Crippen LogP contribution in [-0.2, 0) is 14.8 Å². The van der Waals surface area contributed by atoms with Crippen LogP contribution >= 0.6 is 0 Å². The van der Waals surface area contributed by atoms with Gasteiger partial charge in [-0.15, -0.1) is 0 Å². The maximum atomic E-state index is 13.3. The predicted octanol–water partition coefficient (Wildman–Crippen LogP) is 1.09. The maximum absolute atomic E-state index is 13.3. The first-order valence-corrected chi connectivity index (χ1v) is 8.15. The van der Waals surface area contributed by atoms with E-state index in [0.29, 0.717) is 32.1 Å². The Bertz CT molecular complexity index is 589. The molecule has 8 heteroatoms. The summed E-state index contributed by atoms with van der Waals surface area (Å²) in [6, 6.07) is 2.34. The molecule has 0 spiro atoms. The summed E-state index contributed by atoms with van der Waals surface area (Å²) in [7, 11) is -3.91. The highest BCUT2D eigenvalue weighted by atomic mass is 32.2. The maximum Gasteiger partial charge on any atom is 0.243 e. The van der Waals surface area contributed by atoms with E-state index >= 15 is 0 Å². The Labute approximate surface area is 122 Å². The average Bonchev–Trinajstić information content (AvgIpc) is 2.48. The molecule has 0 aromatic heterocycles. The van der Waals surface area contributed by atoms with Crippen molar-refractivity contribution in [1.82, 2.24) is 4.31 Å². The summed E-state index contributed by atoms with van der Waals surface area (Å²) in [5.41, 5.74) is 5.49. The summed E-state index contributed by atoms with van der Waals surface area (Å²) in [4.78, 5) is -0.263. The van der Waals surface area contributed by atoms with Crippen LogP contribution in [0.5, 0.6) is 0 Å². The molecule has 0 atom stereocenters. The molecule has 0 aliphatic carbocycles. The highest BCUT2D eigenvalue weighted by molar-refractivity contribution is 7.89. The van der Waals surface area contributed by atoms with Crippen LogP contribution in [-0.4, -0.2) is 45.1 Å². The van der Waals surface area contributed by atoms with E-state index in [2.05, 4.69) is 0 Å². The van der Waals surface area contributed by atoms with Gasteiger partial charge >= 0.3 is 0 Å². The Morgan fingerprint density at radius 1 is 1.24 bits per heavy atom. The summed E-state index contributed by atoms with van der Waals surface area (Å²) in [6.45, 7) is 1.23. The molecule has 1 fully saturated rings. The van der Waals surface area contributed by atoms with Crippen molar-refractivity contribution < 1.29 is 21.9 Å². The Morgan fingerprint density at radius 2 is 1.90 bits per heavy atom. The second kappa shape index (κ2) is 6.78. The van der Waals surface area contributed by atoms with E-state index in [1.807, 2.05) is 0 Å². The van der Waals surface area contributed by atoms with Crippen LogP contribution in [0.2, 0.25) is 0 Å². The molecule has 0 amide bonds. The van der Waals surface area contributed by atoms with E-state index in [0.717, 1.165) is 12.1 Å². The third-order valence-corrected chi connectivity index (χ3v) is 5.39. The number of rotatable bonds is 5. The molecule has 1 aliphatic rings. The highest BCUT2D eigenvalue weighted by Gasteiger charge is 2.32. The van der Waals surface area contributed by atoms with Crippen molar-refractivity contribution in [2.75, 3.05) is 26.3 Å². The van der Waals surface area contributed by atoms with E-state index in [4.69, 9.17) is 10.5 Å². The van der Waals surface area contributed by atoms with Gasteiger partial charge in [-0.05, 0) is 31.0 Å². The predicted molar refractivity (Wildman–Crippen MR) is 73.1 cm³/mol. The lowest BCUT2D eigenvalue weighted by molar-refractivity contribution is 0.0590. The minimum absolute atomic E-state index is 0.131. The summed E-state index contributed by atoms with van der Waals surface area (Å²) in [6.07, 6.45) is 1.12. The molecule has 2 N–H and O–H groups in total. The fourth-order valence-corrected chi connectivity index (χ4v) is 4.08. The van der Waals surface area contributed by atoms with E-state index < -0.39 is 21.7 Å². The quantitative estimate of drug-likeness (QED) is 0.881. The van der Waals surface area contributed by atoms with Crippen molar-refractivity contribution >= 4 is 10.0 Å². The topological polar surface area (TPSA) is 72.6 Å². The van der Waals surface area contributed by atoms with Gasteiger partial charge in [0.25, 0.3) is 0 Å². The number of nitrogens with zero attached hydrogens (tertiary/aromatic N) is 1. The van der Waals surface area contributed by atoms with Crippen molar-refractivity contribution in [2.45, 2.75) is 23.8 Å². The number of ether oxygens (including phenoxy) is 1. The highest BCUT2D eigenvalue weighted by Crippen LogP contribution is 2.24. The van der Waals surface area contributed by atoms with Gasteiger partial charge in [-0.3, -0.25) is 0 Å². The summed E-state index contributed by atoms with van der Waals surface area (Å²) in [5, 5.41) is 0. The van der Waals surface area contributed by atoms with Gasteiger partial charge in [0.2, 0.25) is 10.0 Å². The molecule has 1 aliphatic heterocycles. The van der Waals surface area contributed by atoms with Crippen molar-refractivity contribution in [1.29, 1.82) is 0 Å². The van der Waals surface area contributed by atoms with Crippen molar-refractivity contribution in [2.24, 2.45) is 5.73 Å². The van der Waals surface area contributed by atoms with E-state index in [1.165, 1.54) is 4.31 Å². The molecule has 1 heterocycles. The monoisotopic (exact) mass is 320 g/mol. The lowest BCUT2D eigenvalue weighted by atomic mass is 10.1. The molecule has 2 rings (SSSR count). The first-order valence-electron chi connectivity index (χ1n) is 6.71. The third-order valence-electron chi connectivity index (χ3n) is 3.45. The molecule has 0 saturated carbocycles. The lowest BCUT2D eigenvalue weighted by Gasteiger charge is -2.33. The molecule has 118 valence electrons. The summed E-state index contributed by atoms with van der Waals surface area (Å²) in [5.74, 6) is -2.26. The second-order valence-corrected chi connectivity index (χ2v) is 6.71. The van der Waals surface area contributed by atoms with Crippen LogP contribution in [0.4, 0.5) is 8.78 Å². The largest absolute Gasteiger partial charge is 0.381 e. The molecule has 0 bridgehead atoms. The van der Waals surface area contributed by atoms with Crippen LogP contribution in [0.3, 0.4) is 0 Å². The van der Waals surface area contributed by atoms with Gasteiger partial charge < -0.3 is 10.5 Å². The SMILES string of the molecule is NCCN(C1CCOCC1)S(=O)(=O)c1ccc(F)c(F)c1. The molecule has 1 saturated heterocycles. The molecule has 0 unspecified atom stereocenters. The zero-order chi connectivity index (χ0) is 15.5. The molecule has 1 aromatic rings. The Hall–Kier alpha value is -1.09. The van der Waals surface area contributed by atoms with Crippen LogP contribution in [0.25, 0.3) is 0 Å². The van der Waals surface area contributed by atoms with E-state index in [-0.39, 0.29) is 24.0 Å². The minimum Gasteiger partial charge on any atom is -0.381 e. The molecule has 21 heavy (non-hydrogen) atoms. The number of nitrogens with two attached hydrogens (primary N) is 1. The van der Waals surface area contributed by atoms with Crippen LogP contribution in [0.15, 0.2) is 23.1 Å². The number of halogens is 2. The van der Waals surface area contributed by atoms with Crippen molar-refractivity contribution in [3.63, 3.8) is 0 Å². The summed E-state index contributed by atoms with van der Waals surface area (Å²) < 4.78 is 58.0. The normalized spacial score (nSPS) is 17.3. The minimum atomic E-state index is -3.91. The Balaban J connectivity index is 2.34. The van der Waals surface area contributed by atoms with Gasteiger partial charge in [0.1, 0.15) is 0 Å². The number of hydrogen-bond acceptors (Lipinski definition) is 4. The van der Waals surface area contributed by atoms with Gasteiger partial charge in [-0.2, -0.15) is 4.31 Å². The lowest BCUT2D eigenvalue weighted by Crippen LogP contribution is -2.45. The smallest absolute Gasteiger partial charge is 0.243 e. The van der Waals surface area contributed by atoms with E-state index in [9.17, 15) is 17.2 Å². The average molecular weight is 320 g/mol. The number of benzene rings is 1. The van der Waals surface area contributed by atoms with Gasteiger partial charge in [0.15, 0.2) is 11.6 Å². The first-order chi connectivity index (χ1) is 9.96. The number of sulfonamides is 1. The standard InChI is InChI=1S/C13H18F2N2O3S/c14-12-2-1-11(9-13(12)15)21(18,19)17(6-5-16)10-3-7-20-8-4-10/h1-2,9-10H,3-8,16H2. The second-order valence-electron chi connectivity index (χ2n) is 4.82. The van der Waals surface area contributed by atoms with Crippen molar-refractivity contribution in [3.8, 4) is 0 Å². The van der Waals surface area contributed by atoms with Gasteiger partial charge in [0, 0.05) is 32.3 Å². The summed E-state index contributed by atoms with van der Waals surface area (Å²) >= 11 is 0. The Kier molecular flexibility index (Phi) is 5.26. The van der Waals surface area contributed by atoms with Crippen LogP contribution < -0.4 is 5.73 Å². The van der Waals surface area contributed by atoms with Gasteiger partial charge in [-0.1, -0.05) is 0 Å². The molecule has 5 nitrogen and oxygen atoms in total. The fraction of sp³-hybridized carbons (Fsp3) is 0.538. The van der Waals surface area contributed by atoms with Crippen molar-refractivity contribution in [3.05, 3.63) is 29.8 Å². The van der Waals surface area contributed by atoms with Gasteiger partial charge in [-0.25, -0.2) is 17.2 Å². The Morgan fingerprint density at radius 3 is 2.48 bits per heavy atom. The molecular formula is C13H18F2N2O3S. The first kappa shape index (κ1) is 16.3. The van der Waals surface area contributed by atoms with E-state index in [1.54, 1.807) is 0 Å². The molecule has 1 aromatic carbocycles. The zero-order valence-electron chi connectivity index (χ0n) is 11.5.